The van der Waals surface area contributed by atoms with E-state index < -0.39 is 9.84 Å². The number of benzene rings is 2. The van der Waals surface area contributed by atoms with Gasteiger partial charge in [-0.15, -0.1) is 0 Å². The highest BCUT2D eigenvalue weighted by atomic mass is 32.2. The van der Waals surface area contributed by atoms with Crippen molar-refractivity contribution in [2.75, 3.05) is 5.75 Å². The maximum atomic E-state index is 12.5. The van der Waals surface area contributed by atoms with E-state index in [2.05, 4.69) is 26.6 Å². The first-order chi connectivity index (χ1) is 14.0. The fourth-order valence-electron chi connectivity index (χ4n) is 3.18. The molecule has 0 amide bonds. The largest absolute Gasteiger partial charge is 0.339 e. The zero-order valence-corrected chi connectivity index (χ0v) is 17.2. The SMILES string of the molecule is CCCn1cnc2cc(-c3noc(CCS(=O)(=O)c4ccc(C)cc4)n3)ccc21. The first-order valence-corrected chi connectivity index (χ1v) is 11.2. The molecule has 0 fully saturated rings. The van der Waals surface area contributed by atoms with Gasteiger partial charge in [-0.1, -0.05) is 29.8 Å². The van der Waals surface area contributed by atoms with Crippen LogP contribution in [0.4, 0.5) is 0 Å². The second kappa shape index (κ2) is 7.79. The van der Waals surface area contributed by atoms with Gasteiger partial charge in [-0.2, -0.15) is 4.98 Å². The molecule has 0 atom stereocenters. The summed E-state index contributed by atoms with van der Waals surface area (Å²) in [5, 5.41) is 4.01. The molecule has 2 aromatic carbocycles. The molecule has 7 nitrogen and oxygen atoms in total. The average molecular weight is 410 g/mol. The zero-order valence-electron chi connectivity index (χ0n) is 16.4. The van der Waals surface area contributed by atoms with Gasteiger partial charge in [0.05, 0.1) is 28.0 Å². The van der Waals surface area contributed by atoms with Crippen molar-refractivity contribution < 1.29 is 12.9 Å². The molecule has 2 aromatic heterocycles. The van der Waals surface area contributed by atoms with Crippen LogP contribution < -0.4 is 0 Å². The molecule has 0 aliphatic rings. The van der Waals surface area contributed by atoms with E-state index >= 15 is 0 Å². The molecule has 0 bridgehead atoms. The predicted molar refractivity (Wildman–Crippen MR) is 110 cm³/mol. The minimum absolute atomic E-state index is 0.0852. The molecule has 4 aromatic rings. The van der Waals surface area contributed by atoms with Gasteiger partial charge < -0.3 is 9.09 Å². The highest BCUT2D eigenvalue weighted by Crippen LogP contribution is 2.22. The van der Waals surface area contributed by atoms with Crippen LogP contribution in [-0.4, -0.2) is 33.9 Å². The quantitative estimate of drug-likeness (QED) is 0.460. The fourth-order valence-corrected chi connectivity index (χ4v) is 4.41. The number of hydrogen-bond donors (Lipinski definition) is 0. The lowest BCUT2D eigenvalue weighted by Gasteiger charge is -2.03. The van der Waals surface area contributed by atoms with E-state index in [1.54, 1.807) is 24.3 Å². The molecule has 0 radical (unpaired) electrons. The van der Waals surface area contributed by atoms with Gasteiger partial charge in [-0.3, -0.25) is 0 Å². The van der Waals surface area contributed by atoms with Gasteiger partial charge in [0.25, 0.3) is 0 Å². The Kier molecular flexibility index (Phi) is 5.19. The molecular formula is C21H22N4O3S. The van der Waals surface area contributed by atoms with Crippen molar-refractivity contribution in [1.82, 2.24) is 19.7 Å². The summed E-state index contributed by atoms with van der Waals surface area (Å²) in [4.78, 5) is 9.10. The summed E-state index contributed by atoms with van der Waals surface area (Å²) in [6.45, 7) is 4.96. The van der Waals surface area contributed by atoms with E-state index in [0.717, 1.165) is 35.1 Å². The molecule has 8 heteroatoms. The molecule has 4 rings (SSSR count). The summed E-state index contributed by atoms with van der Waals surface area (Å²) < 4.78 is 32.4. The Morgan fingerprint density at radius 1 is 1.10 bits per heavy atom. The Bertz CT molecular complexity index is 1240. The molecule has 0 unspecified atom stereocenters. The number of sulfone groups is 1. The van der Waals surface area contributed by atoms with Crippen molar-refractivity contribution in [3.05, 3.63) is 60.2 Å². The molecule has 0 N–H and O–H groups in total. The van der Waals surface area contributed by atoms with Crippen molar-refractivity contribution in [2.45, 2.75) is 38.1 Å². The third-order valence-electron chi connectivity index (χ3n) is 4.78. The summed E-state index contributed by atoms with van der Waals surface area (Å²) in [6, 6.07) is 12.6. The highest BCUT2D eigenvalue weighted by Gasteiger charge is 2.17. The van der Waals surface area contributed by atoms with E-state index in [4.69, 9.17) is 4.52 Å². The van der Waals surface area contributed by atoms with Crippen LogP contribution in [0, 0.1) is 6.92 Å². The molecule has 0 saturated heterocycles. The van der Waals surface area contributed by atoms with Crippen LogP contribution in [0.25, 0.3) is 22.4 Å². The zero-order chi connectivity index (χ0) is 20.4. The van der Waals surface area contributed by atoms with Crippen LogP contribution in [0.3, 0.4) is 0 Å². The molecule has 2 heterocycles. The molecule has 0 aliphatic heterocycles. The van der Waals surface area contributed by atoms with Crippen molar-refractivity contribution in [1.29, 1.82) is 0 Å². The van der Waals surface area contributed by atoms with E-state index in [9.17, 15) is 8.42 Å². The standard InChI is InChI=1S/C21H22N4O3S/c1-3-11-25-14-22-18-13-16(6-9-19(18)25)21-23-20(28-24-21)10-12-29(26,27)17-7-4-15(2)5-8-17/h4-9,13-14H,3,10-12H2,1-2H3. The minimum Gasteiger partial charge on any atom is -0.339 e. The lowest BCUT2D eigenvalue weighted by atomic mass is 10.2. The van der Waals surface area contributed by atoms with E-state index in [1.165, 1.54) is 0 Å². The molecule has 0 saturated carbocycles. The number of nitrogens with zero attached hydrogens (tertiary/aromatic N) is 4. The van der Waals surface area contributed by atoms with E-state index in [1.807, 2.05) is 31.5 Å². The van der Waals surface area contributed by atoms with Gasteiger partial charge in [-0.25, -0.2) is 13.4 Å². The van der Waals surface area contributed by atoms with Crippen LogP contribution in [0.15, 0.2) is 58.2 Å². The van der Waals surface area contributed by atoms with Gasteiger partial charge >= 0.3 is 0 Å². The summed E-state index contributed by atoms with van der Waals surface area (Å²) in [7, 11) is -3.40. The van der Waals surface area contributed by atoms with Gasteiger partial charge in [0.15, 0.2) is 9.84 Å². The second-order valence-electron chi connectivity index (χ2n) is 7.04. The van der Waals surface area contributed by atoms with Crippen LogP contribution in [0.1, 0.15) is 24.8 Å². The van der Waals surface area contributed by atoms with Crippen molar-refractivity contribution in [3.63, 3.8) is 0 Å². The van der Waals surface area contributed by atoms with Crippen molar-refractivity contribution >= 4 is 20.9 Å². The monoisotopic (exact) mass is 410 g/mol. The van der Waals surface area contributed by atoms with E-state index in [0.29, 0.717) is 16.6 Å². The Balaban J connectivity index is 1.49. The van der Waals surface area contributed by atoms with Gasteiger partial charge in [-0.05, 0) is 43.7 Å². The van der Waals surface area contributed by atoms with Crippen LogP contribution in [0.2, 0.25) is 0 Å². The smallest absolute Gasteiger partial charge is 0.227 e. The molecule has 0 aliphatic carbocycles. The third-order valence-corrected chi connectivity index (χ3v) is 6.51. The Morgan fingerprint density at radius 3 is 2.66 bits per heavy atom. The lowest BCUT2D eigenvalue weighted by Crippen LogP contribution is -2.09. The first-order valence-electron chi connectivity index (χ1n) is 9.53. The van der Waals surface area contributed by atoms with Crippen molar-refractivity contribution in [2.24, 2.45) is 0 Å². The number of imidazole rings is 1. The van der Waals surface area contributed by atoms with Crippen LogP contribution in [-0.2, 0) is 22.8 Å². The second-order valence-corrected chi connectivity index (χ2v) is 9.14. The number of fused-ring (bicyclic) bond motifs is 1. The van der Waals surface area contributed by atoms with Crippen LogP contribution >= 0.6 is 0 Å². The Labute approximate surface area is 169 Å². The summed E-state index contributed by atoms with van der Waals surface area (Å²) in [5.41, 5.74) is 3.73. The summed E-state index contributed by atoms with van der Waals surface area (Å²) in [5.74, 6) is 0.644. The maximum Gasteiger partial charge on any atom is 0.227 e. The normalized spacial score (nSPS) is 11.9. The van der Waals surface area contributed by atoms with Gasteiger partial charge in [0.1, 0.15) is 0 Å². The Hall–Kier alpha value is -3.00. The molecule has 0 spiro atoms. The number of aryl methyl sites for hydroxylation is 3. The number of hydrogen-bond acceptors (Lipinski definition) is 6. The minimum atomic E-state index is -3.40. The highest BCUT2D eigenvalue weighted by molar-refractivity contribution is 7.91. The topological polar surface area (TPSA) is 90.9 Å². The molecule has 150 valence electrons. The van der Waals surface area contributed by atoms with Gasteiger partial charge in [0.2, 0.25) is 11.7 Å². The van der Waals surface area contributed by atoms with E-state index in [-0.39, 0.29) is 12.2 Å². The lowest BCUT2D eigenvalue weighted by molar-refractivity contribution is 0.382. The van der Waals surface area contributed by atoms with Gasteiger partial charge in [0, 0.05) is 18.5 Å². The number of rotatable bonds is 7. The Morgan fingerprint density at radius 2 is 1.90 bits per heavy atom. The molecule has 29 heavy (non-hydrogen) atoms. The summed E-state index contributed by atoms with van der Waals surface area (Å²) in [6.07, 6.45) is 3.03. The van der Waals surface area contributed by atoms with Crippen LogP contribution in [0.5, 0.6) is 0 Å². The third kappa shape index (κ3) is 4.07. The fraction of sp³-hybridized carbons (Fsp3) is 0.286. The predicted octanol–water partition coefficient (Wildman–Crippen LogP) is 3.82. The number of aromatic nitrogens is 4. The average Bonchev–Trinajstić information content (AvgIpc) is 3.34. The summed E-state index contributed by atoms with van der Waals surface area (Å²) >= 11 is 0. The maximum absolute atomic E-state index is 12.5. The molecular weight excluding hydrogens is 388 g/mol. The first kappa shape index (κ1) is 19.3. The van der Waals surface area contributed by atoms with Crippen molar-refractivity contribution in [3.8, 4) is 11.4 Å².